The number of hydrogen-bond donors (Lipinski definition) is 1. The molecule has 0 unspecified atom stereocenters. The van der Waals surface area contributed by atoms with E-state index in [0.29, 0.717) is 43.9 Å². The standard InChI is InChI=1S/C19H22N4O3/c1-2-26-12-6-10-18(24)20-16-8-5-7-15(13-16)14-23-19(25)22-11-4-3-9-17(22)21-23/h3-5,7-9,11,13H,2,6,10,12,14H2,1H3,(H,20,24). The first kappa shape index (κ1) is 17.9. The highest BCUT2D eigenvalue weighted by Crippen LogP contribution is 2.12. The molecule has 1 N–H and O–H groups in total. The summed E-state index contributed by atoms with van der Waals surface area (Å²) in [6, 6.07) is 12.9. The van der Waals surface area contributed by atoms with Gasteiger partial charge in [0, 0.05) is 31.5 Å². The molecule has 2 aromatic heterocycles. The van der Waals surface area contributed by atoms with E-state index in [-0.39, 0.29) is 11.6 Å². The van der Waals surface area contributed by atoms with E-state index in [9.17, 15) is 9.59 Å². The number of amides is 1. The van der Waals surface area contributed by atoms with Crippen molar-refractivity contribution in [3.8, 4) is 0 Å². The van der Waals surface area contributed by atoms with Crippen LogP contribution in [0.3, 0.4) is 0 Å². The molecule has 0 bridgehead atoms. The Hall–Kier alpha value is -2.93. The minimum Gasteiger partial charge on any atom is -0.382 e. The second-order valence-corrected chi connectivity index (χ2v) is 5.92. The van der Waals surface area contributed by atoms with Gasteiger partial charge < -0.3 is 10.1 Å². The maximum absolute atomic E-state index is 12.3. The average Bonchev–Trinajstić information content (AvgIpc) is 2.95. The monoisotopic (exact) mass is 354 g/mol. The van der Waals surface area contributed by atoms with Crippen LogP contribution in [-0.2, 0) is 16.1 Å². The Balaban J connectivity index is 1.66. The van der Waals surface area contributed by atoms with Gasteiger partial charge in [-0.2, -0.15) is 0 Å². The summed E-state index contributed by atoms with van der Waals surface area (Å²) in [7, 11) is 0. The third-order valence-electron chi connectivity index (χ3n) is 3.93. The normalized spacial score (nSPS) is 11.0. The summed E-state index contributed by atoms with van der Waals surface area (Å²) in [5, 5.41) is 7.20. The van der Waals surface area contributed by atoms with Crippen molar-refractivity contribution in [3.63, 3.8) is 0 Å². The van der Waals surface area contributed by atoms with Gasteiger partial charge in [-0.25, -0.2) is 9.48 Å². The number of fused-ring (bicyclic) bond motifs is 1. The van der Waals surface area contributed by atoms with Gasteiger partial charge in [0.15, 0.2) is 5.65 Å². The Morgan fingerprint density at radius 3 is 2.92 bits per heavy atom. The quantitative estimate of drug-likeness (QED) is 0.630. The van der Waals surface area contributed by atoms with Crippen LogP contribution < -0.4 is 11.0 Å². The van der Waals surface area contributed by atoms with E-state index in [2.05, 4.69) is 10.4 Å². The van der Waals surface area contributed by atoms with E-state index >= 15 is 0 Å². The summed E-state index contributed by atoms with van der Waals surface area (Å²) in [6.07, 6.45) is 2.80. The van der Waals surface area contributed by atoms with Crippen LogP contribution in [0.1, 0.15) is 25.3 Å². The van der Waals surface area contributed by atoms with E-state index < -0.39 is 0 Å². The van der Waals surface area contributed by atoms with Gasteiger partial charge in [-0.05, 0) is 43.2 Å². The third-order valence-corrected chi connectivity index (χ3v) is 3.93. The summed E-state index contributed by atoms with van der Waals surface area (Å²) in [5.41, 5.74) is 2.02. The van der Waals surface area contributed by atoms with Gasteiger partial charge in [0.05, 0.1) is 6.54 Å². The average molecular weight is 354 g/mol. The molecule has 2 heterocycles. The zero-order valence-electron chi connectivity index (χ0n) is 14.7. The zero-order chi connectivity index (χ0) is 18.4. The van der Waals surface area contributed by atoms with Crippen molar-refractivity contribution < 1.29 is 9.53 Å². The predicted molar refractivity (Wildman–Crippen MR) is 99.4 cm³/mol. The van der Waals surface area contributed by atoms with Crippen LogP contribution in [0.25, 0.3) is 5.65 Å². The Bertz CT molecular complexity index is 945. The zero-order valence-corrected chi connectivity index (χ0v) is 14.7. The number of rotatable bonds is 8. The molecule has 0 saturated heterocycles. The number of aromatic nitrogens is 3. The van der Waals surface area contributed by atoms with Gasteiger partial charge in [-0.15, -0.1) is 5.10 Å². The van der Waals surface area contributed by atoms with Crippen LogP contribution in [0.5, 0.6) is 0 Å². The van der Waals surface area contributed by atoms with E-state index in [1.165, 1.54) is 9.08 Å². The Kier molecular flexibility index (Phi) is 5.80. The summed E-state index contributed by atoms with van der Waals surface area (Å²) in [4.78, 5) is 24.3. The molecule has 3 rings (SSSR count). The molecular formula is C19H22N4O3. The van der Waals surface area contributed by atoms with Gasteiger partial charge in [0.1, 0.15) is 0 Å². The lowest BCUT2D eigenvalue weighted by Gasteiger charge is -2.07. The third kappa shape index (κ3) is 4.37. The van der Waals surface area contributed by atoms with Gasteiger partial charge in [-0.3, -0.25) is 9.20 Å². The Labute approximate surface area is 151 Å². The number of nitrogens with one attached hydrogen (secondary N) is 1. The number of hydrogen-bond acceptors (Lipinski definition) is 4. The minimum atomic E-state index is -0.189. The van der Waals surface area contributed by atoms with Crippen molar-refractivity contribution >= 4 is 17.2 Å². The first-order valence-electron chi connectivity index (χ1n) is 8.68. The summed E-state index contributed by atoms with van der Waals surface area (Å²) in [5.74, 6) is -0.0493. The Morgan fingerprint density at radius 2 is 2.12 bits per heavy atom. The summed E-state index contributed by atoms with van der Waals surface area (Å²) >= 11 is 0. The number of pyridine rings is 1. The molecule has 3 aromatic rings. The highest BCUT2D eigenvalue weighted by molar-refractivity contribution is 5.90. The van der Waals surface area contributed by atoms with Crippen LogP contribution in [0.4, 0.5) is 5.69 Å². The molecule has 1 aromatic carbocycles. The second-order valence-electron chi connectivity index (χ2n) is 5.92. The van der Waals surface area contributed by atoms with Gasteiger partial charge in [-0.1, -0.05) is 18.2 Å². The molecule has 0 atom stereocenters. The number of carbonyl (C=O) groups is 1. The number of ether oxygens (including phenoxy) is 1. The molecule has 26 heavy (non-hydrogen) atoms. The van der Waals surface area contributed by atoms with Crippen LogP contribution in [0.2, 0.25) is 0 Å². The molecule has 0 radical (unpaired) electrons. The van der Waals surface area contributed by atoms with Crippen LogP contribution >= 0.6 is 0 Å². The van der Waals surface area contributed by atoms with E-state index in [1.807, 2.05) is 37.3 Å². The van der Waals surface area contributed by atoms with Crippen LogP contribution in [-0.4, -0.2) is 33.3 Å². The van der Waals surface area contributed by atoms with Crippen LogP contribution in [0.15, 0.2) is 53.5 Å². The molecule has 0 aliphatic rings. The number of carbonyl (C=O) groups excluding carboxylic acids is 1. The highest BCUT2D eigenvalue weighted by Gasteiger charge is 2.08. The van der Waals surface area contributed by atoms with E-state index in [0.717, 1.165) is 5.56 Å². The molecule has 7 nitrogen and oxygen atoms in total. The molecule has 1 amide bonds. The first-order chi connectivity index (χ1) is 12.7. The predicted octanol–water partition coefficient (Wildman–Crippen LogP) is 2.30. The number of benzene rings is 1. The fourth-order valence-corrected chi connectivity index (χ4v) is 2.69. The maximum atomic E-state index is 12.3. The van der Waals surface area contributed by atoms with Crippen LogP contribution in [0, 0.1) is 0 Å². The van der Waals surface area contributed by atoms with E-state index in [4.69, 9.17) is 4.74 Å². The lowest BCUT2D eigenvalue weighted by atomic mass is 10.2. The molecule has 0 fully saturated rings. The van der Waals surface area contributed by atoms with Crippen molar-refractivity contribution in [1.29, 1.82) is 0 Å². The Morgan fingerprint density at radius 1 is 1.23 bits per heavy atom. The smallest absolute Gasteiger partial charge is 0.350 e. The maximum Gasteiger partial charge on any atom is 0.350 e. The molecule has 7 heteroatoms. The topological polar surface area (TPSA) is 77.6 Å². The lowest BCUT2D eigenvalue weighted by Crippen LogP contribution is -2.21. The van der Waals surface area contributed by atoms with Crippen molar-refractivity contribution in [1.82, 2.24) is 14.2 Å². The number of anilines is 1. The number of nitrogens with zero attached hydrogens (tertiary/aromatic N) is 3. The molecule has 136 valence electrons. The van der Waals surface area contributed by atoms with Crippen molar-refractivity contribution in [2.75, 3.05) is 18.5 Å². The fraction of sp³-hybridized carbons (Fsp3) is 0.316. The van der Waals surface area contributed by atoms with Gasteiger partial charge in [0.2, 0.25) is 5.91 Å². The van der Waals surface area contributed by atoms with Crippen molar-refractivity contribution in [3.05, 3.63) is 64.7 Å². The molecule has 0 aliphatic heterocycles. The second kappa shape index (κ2) is 8.44. The highest BCUT2D eigenvalue weighted by atomic mass is 16.5. The van der Waals surface area contributed by atoms with E-state index in [1.54, 1.807) is 18.3 Å². The molecular weight excluding hydrogens is 332 g/mol. The summed E-state index contributed by atoms with van der Waals surface area (Å²) < 4.78 is 8.15. The van der Waals surface area contributed by atoms with Crippen molar-refractivity contribution in [2.45, 2.75) is 26.3 Å². The van der Waals surface area contributed by atoms with Gasteiger partial charge >= 0.3 is 5.69 Å². The van der Waals surface area contributed by atoms with Gasteiger partial charge in [0.25, 0.3) is 0 Å². The fourth-order valence-electron chi connectivity index (χ4n) is 2.69. The largest absolute Gasteiger partial charge is 0.382 e. The van der Waals surface area contributed by atoms with Crippen molar-refractivity contribution in [2.24, 2.45) is 0 Å². The molecule has 0 spiro atoms. The summed E-state index contributed by atoms with van der Waals surface area (Å²) in [6.45, 7) is 3.52. The first-order valence-corrected chi connectivity index (χ1v) is 8.68. The lowest BCUT2D eigenvalue weighted by molar-refractivity contribution is -0.116. The minimum absolute atomic E-state index is 0.0493. The SMILES string of the molecule is CCOCCCC(=O)Nc1cccc(Cn2nc3ccccn3c2=O)c1. The molecule has 0 saturated carbocycles. The molecule has 0 aliphatic carbocycles.